The van der Waals surface area contributed by atoms with Gasteiger partial charge in [0.25, 0.3) is 5.91 Å². The SMILES string of the molecule is CN(Cc1ccc(C(=O)NC(C)(C)C)cc1)S(=O)(=O)c1ccc(Cl)cc1. The average Bonchev–Trinajstić information content (AvgIpc) is 2.54. The highest BCUT2D eigenvalue weighted by Crippen LogP contribution is 2.19. The summed E-state index contributed by atoms with van der Waals surface area (Å²) in [6.07, 6.45) is 0. The Kier molecular flexibility index (Phi) is 6.11. The van der Waals surface area contributed by atoms with Crippen molar-refractivity contribution in [2.24, 2.45) is 0 Å². The molecule has 0 heterocycles. The summed E-state index contributed by atoms with van der Waals surface area (Å²) in [4.78, 5) is 12.3. The Morgan fingerprint density at radius 2 is 1.58 bits per heavy atom. The van der Waals surface area contributed by atoms with Crippen LogP contribution in [0.25, 0.3) is 0 Å². The molecule has 0 saturated carbocycles. The van der Waals surface area contributed by atoms with E-state index in [1.807, 2.05) is 20.8 Å². The van der Waals surface area contributed by atoms with Gasteiger partial charge < -0.3 is 5.32 Å². The number of carbonyl (C=O) groups is 1. The van der Waals surface area contributed by atoms with E-state index in [1.165, 1.54) is 23.5 Å². The molecule has 0 aliphatic rings. The van der Waals surface area contributed by atoms with Gasteiger partial charge in [-0.1, -0.05) is 23.7 Å². The van der Waals surface area contributed by atoms with E-state index in [2.05, 4.69) is 5.32 Å². The van der Waals surface area contributed by atoms with Crippen LogP contribution in [-0.2, 0) is 16.6 Å². The first kappa shape index (κ1) is 20.4. The smallest absolute Gasteiger partial charge is 0.251 e. The minimum atomic E-state index is -3.61. The Morgan fingerprint density at radius 3 is 2.08 bits per heavy atom. The minimum absolute atomic E-state index is 0.161. The van der Waals surface area contributed by atoms with Gasteiger partial charge in [0.15, 0.2) is 0 Å². The molecular weight excluding hydrogens is 372 g/mol. The number of benzene rings is 2. The lowest BCUT2D eigenvalue weighted by molar-refractivity contribution is 0.0919. The van der Waals surface area contributed by atoms with Crippen molar-refractivity contribution in [1.29, 1.82) is 0 Å². The van der Waals surface area contributed by atoms with Gasteiger partial charge in [0.2, 0.25) is 10.0 Å². The second kappa shape index (κ2) is 7.78. The third-order valence-corrected chi connectivity index (χ3v) is 5.70. The van der Waals surface area contributed by atoms with Crippen LogP contribution in [0.2, 0.25) is 5.02 Å². The zero-order chi connectivity index (χ0) is 19.5. The molecule has 1 N–H and O–H groups in total. The van der Waals surface area contributed by atoms with Gasteiger partial charge in [-0.15, -0.1) is 0 Å². The van der Waals surface area contributed by atoms with Crippen molar-refractivity contribution < 1.29 is 13.2 Å². The molecule has 0 atom stereocenters. The van der Waals surface area contributed by atoms with Gasteiger partial charge >= 0.3 is 0 Å². The summed E-state index contributed by atoms with van der Waals surface area (Å²) in [6.45, 7) is 5.94. The highest BCUT2D eigenvalue weighted by Gasteiger charge is 2.21. The molecule has 2 rings (SSSR count). The second-order valence-corrected chi connectivity index (χ2v) is 9.60. The van der Waals surface area contributed by atoms with Crippen LogP contribution in [0.5, 0.6) is 0 Å². The molecule has 0 fully saturated rings. The van der Waals surface area contributed by atoms with E-state index in [0.29, 0.717) is 10.6 Å². The maximum Gasteiger partial charge on any atom is 0.251 e. The number of amides is 1. The van der Waals surface area contributed by atoms with Crippen LogP contribution in [0.3, 0.4) is 0 Å². The normalized spacial score (nSPS) is 12.2. The van der Waals surface area contributed by atoms with Gasteiger partial charge in [0, 0.05) is 29.7 Å². The molecule has 1 amide bonds. The summed E-state index contributed by atoms with van der Waals surface area (Å²) in [6, 6.07) is 13.0. The summed E-state index contributed by atoms with van der Waals surface area (Å²) in [5.74, 6) is -0.161. The number of hydrogen-bond donors (Lipinski definition) is 1. The molecule has 0 bridgehead atoms. The summed E-state index contributed by atoms with van der Waals surface area (Å²) in [7, 11) is -2.09. The van der Waals surface area contributed by atoms with E-state index in [0.717, 1.165) is 5.56 Å². The van der Waals surface area contributed by atoms with E-state index in [-0.39, 0.29) is 22.9 Å². The maximum absolute atomic E-state index is 12.6. The largest absolute Gasteiger partial charge is 0.347 e. The summed E-state index contributed by atoms with van der Waals surface area (Å²) < 4.78 is 26.5. The van der Waals surface area contributed by atoms with Crippen molar-refractivity contribution in [3.8, 4) is 0 Å². The fourth-order valence-corrected chi connectivity index (χ4v) is 3.59. The van der Waals surface area contributed by atoms with E-state index in [4.69, 9.17) is 11.6 Å². The Labute approximate surface area is 160 Å². The van der Waals surface area contributed by atoms with E-state index >= 15 is 0 Å². The van der Waals surface area contributed by atoms with Crippen molar-refractivity contribution in [1.82, 2.24) is 9.62 Å². The van der Waals surface area contributed by atoms with Crippen LogP contribution in [0.15, 0.2) is 53.4 Å². The molecule has 0 saturated heterocycles. The highest BCUT2D eigenvalue weighted by molar-refractivity contribution is 7.89. The van der Waals surface area contributed by atoms with Gasteiger partial charge in [-0.25, -0.2) is 8.42 Å². The standard InChI is InChI=1S/C19H23ClN2O3S/c1-19(2,3)21-18(23)15-7-5-14(6-8-15)13-22(4)26(24,25)17-11-9-16(20)10-12-17/h5-12H,13H2,1-4H3,(H,21,23). The maximum atomic E-state index is 12.6. The van der Waals surface area contributed by atoms with Crippen molar-refractivity contribution in [3.05, 3.63) is 64.7 Å². The first-order valence-corrected chi connectivity index (χ1v) is 9.94. The Morgan fingerprint density at radius 1 is 1.04 bits per heavy atom. The fraction of sp³-hybridized carbons (Fsp3) is 0.316. The second-order valence-electron chi connectivity index (χ2n) is 7.12. The lowest BCUT2D eigenvalue weighted by Gasteiger charge is -2.21. The van der Waals surface area contributed by atoms with Crippen molar-refractivity contribution >= 4 is 27.5 Å². The Bertz CT molecular complexity index is 870. The number of rotatable bonds is 5. The number of nitrogens with zero attached hydrogens (tertiary/aromatic N) is 1. The Balaban J connectivity index is 2.10. The highest BCUT2D eigenvalue weighted by atomic mass is 35.5. The molecule has 0 unspecified atom stereocenters. The lowest BCUT2D eigenvalue weighted by atomic mass is 10.1. The van der Waals surface area contributed by atoms with E-state index in [9.17, 15) is 13.2 Å². The van der Waals surface area contributed by atoms with Gasteiger partial charge in [-0.3, -0.25) is 4.79 Å². The molecule has 7 heteroatoms. The van der Waals surface area contributed by atoms with Crippen molar-refractivity contribution in [2.75, 3.05) is 7.05 Å². The molecule has 0 aliphatic heterocycles. The first-order chi connectivity index (χ1) is 12.0. The number of halogens is 1. The van der Waals surface area contributed by atoms with Crippen LogP contribution in [0.4, 0.5) is 0 Å². The van der Waals surface area contributed by atoms with Gasteiger partial charge in [0.05, 0.1) is 4.90 Å². The molecule has 0 spiro atoms. The number of nitrogens with one attached hydrogen (secondary N) is 1. The third kappa shape index (κ3) is 5.30. The van der Waals surface area contributed by atoms with E-state index in [1.54, 1.807) is 36.4 Å². The zero-order valence-electron chi connectivity index (χ0n) is 15.3. The quantitative estimate of drug-likeness (QED) is 0.840. The third-order valence-electron chi connectivity index (χ3n) is 3.63. The molecule has 5 nitrogen and oxygen atoms in total. The molecule has 0 aliphatic carbocycles. The van der Waals surface area contributed by atoms with Gasteiger partial charge in [-0.05, 0) is 62.7 Å². The molecule has 26 heavy (non-hydrogen) atoms. The van der Waals surface area contributed by atoms with Crippen LogP contribution >= 0.6 is 11.6 Å². The van der Waals surface area contributed by atoms with Crippen LogP contribution < -0.4 is 5.32 Å². The number of carbonyl (C=O) groups excluding carboxylic acids is 1. The van der Waals surface area contributed by atoms with Crippen LogP contribution in [-0.4, -0.2) is 31.2 Å². The monoisotopic (exact) mass is 394 g/mol. The average molecular weight is 395 g/mol. The lowest BCUT2D eigenvalue weighted by Crippen LogP contribution is -2.40. The molecule has 140 valence electrons. The fourth-order valence-electron chi connectivity index (χ4n) is 2.30. The van der Waals surface area contributed by atoms with E-state index < -0.39 is 10.0 Å². The molecular formula is C19H23ClN2O3S. The van der Waals surface area contributed by atoms with Crippen molar-refractivity contribution in [2.45, 2.75) is 37.8 Å². The Hall–Kier alpha value is -1.89. The predicted octanol–water partition coefficient (Wildman–Crippen LogP) is 3.69. The summed E-state index contributed by atoms with van der Waals surface area (Å²) in [5.41, 5.74) is 1.01. The number of sulfonamides is 1. The zero-order valence-corrected chi connectivity index (χ0v) is 16.9. The predicted molar refractivity (Wildman–Crippen MR) is 104 cm³/mol. The molecule has 2 aromatic rings. The van der Waals surface area contributed by atoms with Crippen LogP contribution in [0.1, 0.15) is 36.7 Å². The van der Waals surface area contributed by atoms with Gasteiger partial charge in [-0.2, -0.15) is 4.31 Å². The van der Waals surface area contributed by atoms with Crippen molar-refractivity contribution in [3.63, 3.8) is 0 Å². The summed E-state index contributed by atoms with van der Waals surface area (Å²) in [5, 5.41) is 3.37. The topological polar surface area (TPSA) is 66.5 Å². The first-order valence-electron chi connectivity index (χ1n) is 8.12. The number of hydrogen-bond acceptors (Lipinski definition) is 3. The summed E-state index contributed by atoms with van der Waals surface area (Å²) >= 11 is 5.81. The minimum Gasteiger partial charge on any atom is -0.347 e. The molecule has 0 radical (unpaired) electrons. The molecule has 2 aromatic carbocycles. The van der Waals surface area contributed by atoms with Gasteiger partial charge in [0.1, 0.15) is 0 Å². The molecule has 0 aromatic heterocycles. The van der Waals surface area contributed by atoms with Crippen LogP contribution in [0, 0.1) is 0 Å².